The number of methoxy groups -OCH3 is 2. The highest BCUT2D eigenvalue weighted by Crippen LogP contribution is 2.36. The minimum absolute atomic E-state index is 0.159. The third kappa shape index (κ3) is 4.32. The number of hydrogen-bond acceptors (Lipinski definition) is 6. The van der Waals surface area contributed by atoms with E-state index in [1.165, 1.54) is 31.4 Å². The van der Waals surface area contributed by atoms with Crippen LogP contribution >= 0.6 is 0 Å². The van der Waals surface area contributed by atoms with Crippen molar-refractivity contribution in [3.05, 3.63) is 88.9 Å². The zero-order valence-corrected chi connectivity index (χ0v) is 17.4. The molecule has 7 heteroatoms. The van der Waals surface area contributed by atoms with Gasteiger partial charge < -0.3 is 18.9 Å². The maximum Gasteiger partial charge on any atom is 0.231 e. The standard InChI is InChI=1S/C25H19FO6/c1-29-21-10-3-15(11-23(21)30-2)12-24-25(28)19-9-8-18(13-22(19)32-24)31-14-20(27)16-4-6-17(26)7-5-16/h3-13H,14H2,1-2H3. The molecule has 4 rings (SSSR count). The first-order valence-corrected chi connectivity index (χ1v) is 9.70. The van der Waals surface area contributed by atoms with Crippen molar-refractivity contribution in [1.82, 2.24) is 0 Å². The lowest BCUT2D eigenvalue weighted by Crippen LogP contribution is -2.11. The molecule has 1 aliphatic rings. The summed E-state index contributed by atoms with van der Waals surface area (Å²) in [7, 11) is 3.08. The van der Waals surface area contributed by atoms with Crippen LogP contribution in [0, 0.1) is 5.82 Å². The van der Waals surface area contributed by atoms with Crippen molar-refractivity contribution >= 4 is 17.6 Å². The third-order valence-electron chi connectivity index (χ3n) is 4.88. The van der Waals surface area contributed by atoms with E-state index in [2.05, 4.69) is 0 Å². The van der Waals surface area contributed by atoms with Gasteiger partial charge >= 0.3 is 0 Å². The monoisotopic (exact) mass is 434 g/mol. The van der Waals surface area contributed by atoms with Gasteiger partial charge in [-0.05, 0) is 60.2 Å². The lowest BCUT2D eigenvalue weighted by Gasteiger charge is -2.08. The van der Waals surface area contributed by atoms with Crippen LogP contribution in [0.4, 0.5) is 4.39 Å². The molecule has 0 amide bonds. The van der Waals surface area contributed by atoms with Crippen molar-refractivity contribution in [2.45, 2.75) is 0 Å². The highest BCUT2D eigenvalue weighted by atomic mass is 19.1. The summed E-state index contributed by atoms with van der Waals surface area (Å²) >= 11 is 0. The van der Waals surface area contributed by atoms with Crippen LogP contribution < -0.4 is 18.9 Å². The summed E-state index contributed by atoms with van der Waals surface area (Å²) in [5.74, 6) is 1.01. The van der Waals surface area contributed by atoms with Gasteiger partial charge in [-0.2, -0.15) is 0 Å². The quantitative estimate of drug-likeness (QED) is 0.396. The van der Waals surface area contributed by atoms with Crippen molar-refractivity contribution in [2.24, 2.45) is 0 Å². The van der Waals surface area contributed by atoms with Crippen LogP contribution in [0.5, 0.6) is 23.0 Å². The minimum Gasteiger partial charge on any atom is -0.493 e. The van der Waals surface area contributed by atoms with E-state index in [0.717, 1.165) is 0 Å². The van der Waals surface area contributed by atoms with E-state index in [4.69, 9.17) is 18.9 Å². The molecule has 1 aliphatic heterocycles. The Kier molecular flexibility index (Phi) is 5.89. The summed E-state index contributed by atoms with van der Waals surface area (Å²) in [6.45, 7) is -0.229. The zero-order valence-electron chi connectivity index (χ0n) is 17.4. The lowest BCUT2D eigenvalue weighted by atomic mass is 10.1. The molecule has 32 heavy (non-hydrogen) atoms. The van der Waals surface area contributed by atoms with Crippen LogP contribution in [0.25, 0.3) is 6.08 Å². The number of benzene rings is 3. The van der Waals surface area contributed by atoms with E-state index in [1.54, 1.807) is 49.6 Å². The Bertz CT molecular complexity index is 1210. The maximum atomic E-state index is 13.0. The second kappa shape index (κ2) is 8.93. The smallest absolute Gasteiger partial charge is 0.231 e. The number of ether oxygens (including phenoxy) is 4. The van der Waals surface area contributed by atoms with Crippen molar-refractivity contribution in [2.75, 3.05) is 20.8 Å². The van der Waals surface area contributed by atoms with E-state index in [0.29, 0.717) is 39.7 Å². The number of Topliss-reactive ketones (excluding diaryl/α,β-unsaturated/α-hetero) is 2. The molecule has 0 N–H and O–H groups in total. The summed E-state index contributed by atoms with van der Waals surface area (Å²) in [6.07, 6.45) is 1.61. The predicted molar refractivity (Wildman–Crippen MR) is 115 cm³/mol. The fourth-order valence-electron chi connectivity index (χ4n) is 3.22. The van der Waals surface area contributed by atoms with Gasteiger partial charge in [0.2, 0.25) is 5.78 Å². The molecule has 0 aliphatic carbocycles. The van der Waals surface area contributed by atoms with Gasteiger partial charge in [0.15, 0.2) is 29.6 Å². The summed E-state index contributed by atoms with van der Waals surface area (Å²) in [5.41, 5.74) is 1.45. The highest BCUT2D eigenvalue weighted by Gasteiger charge is 2.28. The van der Waals surface area contributed by atoms with Crippen molar-refractivity contribution in [3.63, 3.8) is 0 Å². The molecule has 0 spiro atoms. The Labute approximate surface area is 183 Å². The molecule has 0 fully saturated rings. The molecule has 0 atom stereocenters. The fraction of sp³-hybridized carbons (Fsp3) is 0.120. The van der Waals surface area contributed by atoms with Gasteiger partial charge in [-0.15, -0.1) is 0 Å². The van der Waals surface area contributed by atoms with Gasteiger partial charge in [-0.25, -0.2) is 4.39 Å². The van der Waals surface area contributed by atoms with E-state index in [9.17, 15) is 14.0 Å². The Morgan fingerprint density at radius 2 is 1.72 bits per heavy atom. The number of allylic oxidation sites excluding steroid dienone is 1. The first-order chi connectivity index (χ1) is 15.5. The van der Waals surface area contributed by atoms with E-state index in [-0.39, 0.29) is 23.9 Å². The summed E-state index contributed by atoms with van der Waals surface area (Å²) in [5, 5.41) is 0. The van der Waals surface area contributed by atoms with Crippen molar-refractivity contribution < 1.29 is 32.9 Å². The van der Waals surface area contributed by atoms with Crippen LogP contribution in [0.2, 0.25) is 0 Å². The zero-order chi connectivity index (χ0) is 22.7. The first-order valence-electron chi connectivity index (χ1n) is 9.70. The topological polar surface area (TPSA) is 71.1 Å². The second-order valence-corrected chi connectivity index (χ2v) is 6.93. The van der Waals surface area contributed by atoms with Crippen LogP contribution in [-0.2, 0) is 0 Å². The molecule has 162 valence electrons. The number of rotatable bonds is 7. The van der Waals surface area contributed by atoms with Gasteiger partial charge in [-0.1, -0.05) is 6.07 Å². The van der Waals surface area contributed by atoms with Gasteiger partial charge in [0.05, 0.1) is 19.8 Å². The van der Waals surface area contributed by atoms with Crippen LogP contribution in [-0.4, -0.2) is 32.4 Å². The normalized spacial score (nSPS) is 13.5. The van der Waals surface area contributed by atoms with Crippen molar-refractivity contribution in [3.8, 4) is 23.0 Å². The molecule has 0 saturated heterocycles. The summed E-state index contributed by atoms with van der Waals surface area (Å²) < 4.78 is 34.8. The van der Waals surface area contributed by atoms with E-state index >= 15 is 0 Å². The number of halogens is 1. The van der Waals surface area contributed by atoms with E-state index < -0.39 is 5.82 Å². The van der Waals surface area contributed by atoms with Gasteiger partial charge in [0, 0.05) is 11.6 Å². The Hall–Kier alpha value is -4.13. The fourth-order valence-corrected chi connectivity index (χ4v) is 3.22. The Morgan fingerprint density at radius 1 is 0.969 bits per heavy atom. The van der Waals surface area contributed by atoms with Gasteiger partial charge in [0.25, 0.3) is 0 Å². The second-order valence-electron chi connectivity index (χ2n) is 6.93. The van der Waals surface area contributed by atoms with Crippen molar-refractivity contribution in [1.29, 1.82) is 0 Å². The molecule has 0 radical (unpaired) electrons. The average molecular weight is 434 g/mol. The van der Waals surface area contributed by atoms with Crippen LogP contribution in [0.15, 0.2) is 66.4 Å². The van der Waals surface area contributed by atoms with E-state index in [1.807, 2.05) is 0 Å². The van der Waals surface area contributed by atoms with Crippen LogP contribution in [0.1, 0.15) is 26.3 Å². The first kappa shape index (κ1) is 21.1. The number of ketones is 2. The molecular weight excluding hydrogens is 415 g/mol. The molecule has 0 saturated carbocycles. The Balaban J connectivity index is 1.48. The molecule has 1 heterocycles. The molecule has 0 aromatic heterocycles. The highest BCUT2D eigenvalue weighted by molar-refractivity contribution is 6.14. The van der Waals surface area contributed by atoms with Crippen LogP contribution in [0.3, 0.4) is 0 Å². The molecule has 0 bridgehead atoms. The number of carbonyl (C=O) groups is 2. The number of hydrogen-bond donors (Lipinski definition) is 0. The Morgan fingerprint density at radius 3 is 2.44 bits per heavy atom. The lowest BCUT2D eigenvalue weighted by molar-refractivity contribution is 0.0920. The maximum absolute atomic E-state index is 13.0. The molecule has 3 aromatic carbocycles. The average Bonchev–Trinajstić information content (AvgIpc) is 3.12. The van der Waals surface area contributed by atoms with Gasteiger partial charge in [-0.3, -0.25) is 9.59 Å². The molecule has 6 nitrogen and oxygen atoms in total. The van der Waals surface area contributed by atoms with Gasteiger partial charge in [0.1, 0.15) is 17.3 Å². The minimum atomic E-state index is -0.417. The number of carbonyl (C=O) groups excluding carboxylic acids is 2. The SMILES string of the molecule is COc1ccc(C=C2Oc3cc(OCC(=O)c4ccc(F)cc4)ccc3C2=O)cc1OC. The molecular formula is C25H19FO6. The molecule has 0 unspecified atom stereocenters. The molecule has 3 aromatic rings. The summed E-state index contributed by atoms with van der Waals surface area (Å²) in [4.78, 5) is 24.9. The third-order valence-corrected chi connectivity index (χ3v) is 4.88. The number of fused-ring (bicyclic) bond motifs is 1. The largest absolute Gasteiger partial charge is 0.493 e. The summed E-state index contributed by atoms with van der Waals surface area (Å²) in [6, 6.07) is 15.2. The predicted octanol–water partition coefficient (Wildman–Crippen LogP) is 4.72.